The molecule has 1 aliphatic rings. The Labute approximate surface area is 166 Å². The van der Waals surface area contributed by atoms with Gasteiger partial charge in [0.1, 0.15) is 0 Å². The maximum Gasteiger partial charge on any atom is 0.261 e. The number of hydrogen-bond acceptors (Lipinski definition) is 4. The van der Waals surface area contributed by atoms with Crippen LogP contribution in [-0.2, 0) is 21.4 Å². The van der Waals surface area contributed by atoms with Crippen molar-refractivity contribution in [2.45, 2.75) is 24.3 Å². The van der Waals surface area contributed by atoms with Gasteiger partial charge < -0.3 is 10.6 Å². The van der Waals surface area contributed by atoms with Crippen LogP contribution in [0.25, 0.3) is 0 Å². The normalized spacial score (nSPS) is 13.5. The zero-order valence-electron chi connectivity index (χ0n) is 14.9. The van der Waals surface area contributed by atoms with Gasteiger partial charge in [0.15, 0.2) is 0 Å². The van der Waals surface area contributed by atoms with Crippen molar-refractivity contribution >= 4 is 34.0 Å². The maximum absolute atomic E-state index is 12.5. The molecular weight excluding hydrogens is 386 g/mol. The number of carbonyl (C=O) groups is 1. The number of hydrogen-bond donors (Lipinski definition) is 3. The number of rotatable bonds is 9. The molecule has 0 aliphatic heterocycles. The fourth-order valence-corrected chi connectivity index (χ4v) is 3.67. The molecule has 3 rings (SSSR count). The minimum absolute atomic E-state index is 0. The lowest BCUT2D eigenvalue weighted by Crippen LogP contribution is -2.34. The fraction of sp³-hybridized carbons (Fsp3) is 0.316. The van der Waals surface area contributed by atoms with Gasteiger partial charge in [0.05, 0.1) is 17.1 Å². The molecule has 0 saturated heterocycles. The lowest BCUT2D eigenvalue weighted by molar-refractivity contribution is -0.120. The molecule has 27 heavy (non-hydrogen) atoms. The number of benzene rings is 2. The van der Waals surface area contributed by atoms with E-state index in [1.807, 2.05) is 6.07 Å². The fourth-order valence-electron chi connectivity index (χ4n) is 2.55. The van der Waals surface area contributed by atoms with Crippen LogP contribution in [0.2, 0.25) is 0 Å². The SMILES string of the molecule is Cl.O=C(CNCC1CC1)NCc1ccccc1NS(=O)(=O)c1ccccc1. The van der Waals surface area contributed by atoms with Gasteiger partial charge >= 0.3 is 0 Å². The van der Waals surface area contributed by atoms with Crippen molar-refractivity contribution in [2.24, 2.45) is 5.92 Å². The van der Waals surface area contributed by atoms with E-state index in [4.69, 9.17) is 0 Å². The minimum atomic E-state index is -3.67. The van der Waals surface area contributed by atoms with Crippen LogP contribution >= 0.6 is 12.4 Å². The van der Waals surface area contributed by atoms with Crippen LogP contribution in [0.5, 0.6) is 0 Å². The van der Waals surface area contributed by atoms with Gasteiger partial charge in [-0.15, -0.1) is 12.4 Å². The molecule has 0 aromatic heterocycles. The number of anilines is 1. The number of halogens is 1. The van der Waals surface area contributed by atoms with Crippen LogP contribution in [0.15, 0.2) is 59.5 Å². The van der Waals surface area contributed by atoms with Gasteiger partial charge in [0.2, 0.25) is 5.91 Å². The summed E-state index contributed by atoms with van der Waals surface area (Å²) in [5, 5.41) is 5.96. The highest BCUT2D eigenvalue weighted by Gasteiger charge is 2.20. The van der Waals surface area contributed by atoms with Crippen LogP contribution in [0.1, 0.15) is 18.4 Å². The molecule has 0 radical (unpaired) electrons. The van der Waals surface area contributed by atoms with E-state index in [1.165, 1.54) is 25.0 Å². The van der Waals surface area contributed by atoms with Crippen molar-refractivity contribution in [3.8, 4) is 0 Å². The van der Waals surface area contributed by atoms with E-state index in [1.54, 1.807) is 36.4 Å². The first-order valence-corrected chi connectivity index (χ1v) is 10.2. The van der Waals surface area contributed by atoms with E-state index in [0.29, 0.717) is 11.3 Å². The van der Waals surface area contributed by atoms with Crippen molar-refractivity contribution < 1.29 is 13.2 Å². The minimum Gasteiger partial charge on any atom is -0.351 e. The van der Waals surface area contributed by atoms with E-state index in [9.17, 15) is 13.2 Å². The van der Waals surface area contributed by atoms with Gasteiger partial charge in [0, 0.05) is 6.54 Å². The number of nitrogens with one attached hydrogen (secondary N) is 3. The molecule has 1 amide bonds. The largest absolute Gasteiger partial charge is 0.351 e. The maximum atomic E-state index is 12.5. The second-order valence-corrected chi connectivity index (χ2v) is 8.11. The van der Waals surface area contributed by atoms with Gasteiger partial charge in [-0.1, -0.05) is 36.4 Å². The molecule has 2 aromatic carbocycles. The molecule has 146 valence electrons. The zero-order valence-corrected chi connectivity index (χ0v) is 16.5. The molecule has 1 saturated carbocycles. The predicted molar refractivity (Wildman–Crippen MR) is 108 cm³/mol. The Hall–Kier alpha value is -2.09. The Bertz CT molecular complexity index is 856. The van der Waals surface area contributed by atoms with Crippen molar-refractivity contribution in [2.75, 3.05) is 17.8 Å². The molecule has 1 aliphatic carbocycles. The molecule has 0 heterocycles. The Morgan fingerprint density at radius 1 is 1.00 bits per heavy atom. The van der Waals surface area contributed by atoms with E-state index < -0.39 is 10.0 Å². The first kappa shape index (κ1) is 21.2. The number of carbonyl (C=O) groups excluding carboxylic acids is 1. The third-order valence-corrected chi connectivity index (χ3v) is 5.59. The summed E-state index contributed by atoms with van der Waals surface area (Å²) in [6, 6.07) is 15.2. The molecule has 3 N–H and O–H groups in total. The predicted octanol–water partition coefficient (Wildman–Crippen LogP) is 2.53. The number of para-hydroxylation sites is 1. The van der Waals surface area contributed by atoms with E-state index in [0.717, 1.165) is 12.5 Å². The molecular formula is C19H24ClN3O3S. The Kier molecular flexibility index (Phi) is 7.65. The van der Waals surface area contributed by atoms with Gasteiger partial charge in [-0.05, 0) is 49.1 Å². The van der Waals surface area contributed by atoms with Gasteiger partial charge in [0.25, 0.3) is 10.0 Å². The molecule has 0 unspecified atom stereocenters. The van der Waals surface area contributed by atoms with Crippen LogP contribution < -0.4 is 15.4 Å². The highest BCUT2D eigenvalue weighted by molar-refractivity contribution is 7.92. The average Bonchev–Trinajstić information content (AvgIpc) is 3.46. The summed E-state index contributed by atoms with van der Waals surface area (Å²) in [6.45, 7) is 1.41. The molecule has 6 nitrogen and oxygen atoms in total. The summed E-state index contributed by atoms with van der Waals surface area (Å²) in [7, 11) is -3.67. The summed E-state index contributed by atoms with van der Waals surface area (Å²) in [5.41, 5.74) is 1.17. The van der Waals surface area contributed by atoms with Crippen molar-refractivity contribution in [3.63, 3.8) is 0 Å². The Balaban J connectivity index is 0.00000261. The lowest BCUT2D eigenvalue weighted by Gasteiger charge is -2.13. The summed E-state index contributed by atoms with van der Waals surface area (Å²) >= 11 is 0. The second kappa shape index (κ2) is 9.73. The number of sulfonamides is 1. The number of amides is 1. The van der Waals surface area contributed by atoms with Crippen molar-refractivity contribution in [1.29, 1.82) is 0 Å². The second-order valence-electron chi connectivity index (χ2n) is 6.43. The van der Waals surface area contributed by atoms with Crippen LogP contribution in [-0.4, -0.2) is 27.4 Å². The van der Waals surface area contributed by atoms with Crippen LogP contribution in [0.3, 0.4) is 0 Å². The highest BCUT2D eigenvalue weighted by Crippen LogP contribution is 2.27. The first-order chi connectivity index (χ1) is 12.5. The zero-order chi connectivity index (χ0) is 18.4. The first-order valence-electron chi connectivity index (χ1n) is 8.68. The van der Waals surface area contributed by atoms with Crippen molar-refractivity contribution in [1.82, 2.24) is 10.6 Å². The van der Waals surface area contributed by atoms with Crippen LogP contribution in [0, 0.1) is 5.92 Å². The smallest absolute Gasteiger partial charge is 0.261 e. The van der Waals surface area contributed by atoms with Gasteiger partial charge in [-0.3, -0.25) is 9.52 Å². The summed E-state index contributed by atoms with van der Waals surface area (Å²) in [4.78, 5) is 12.1. The average molecular weight is 410 g/mol. The third kappa shape index (κ3) is 6.53. The molecule has 0 atom stereocenters. The summed E-state index contributed by atoms with van der Waals surface area (Å²) in [5.74, 6) is 0.613. The van der Waals surface area contributed by atoms with E-state index in [2.05, 4.69) is 15.4 Å². The summed E-state index contributed by atoms with van der Waals surface area (Å²) in [6.07, 6.45) is 2.48. The van der Waals surface area contributed by atoms with E-state index >= 15 is 0 Å². The molecule has 1 fully saturated rings. The van der Waals surface area contributed by atoms with E-state index in [-0.39, 0.29) is 36.3 Å². The lowest BCUT2D eigenvalue weighted by atomic mass is 10.2. The quantitative estimate of drug-likeness (QED) is 0.594. The highest BCUT2D eigenvalue weighted by atomic mass is 35.5. The topological polar surface area (TPSA) is 87.3 Å². The molecule has 8 heteroatoms. The van der Waals surface area contributed by atoms with Gasteiger partial charge in [-0.25, -0.2) is 8.42 Å². The Morgan fingerprint density at radius 2 is 1.67 bits per heavy atom. The summed E-state index contributed by atoms with van der Waals surface area (Å²) < 4.78 is 27.6. The molecule has 0 bridgehead atoms. The van der Waals surface area contributed by atoms with Crippen LogP contribution in [0.4, 0.5) is 5.69 Å². The van der Waals surface area contributed by atoms with Crippen molar-refractivity contribution in [3.05, 3.63) is 60.2 Å². The standard InChI is InChI=1S/C19H23N3O3S.ClH/c23-19(14-20-12-15-10-11-15)21-13-16-6-4-5-9-18(16)22-26(24,25)17-7-2-1-3-8-17;/h1-9,15,20,22H,10-14H2,(H,21,23);1H. The third-order valence-electron chi connectivity index (χ3n) is 4.21. The van der Waals surface area contributed by atoms with Gasteiger partial charge in [-0.2, -0.15) is 0 Å². The molecule has 2 aromatic rings. The monoisotopic (exact) mass is 409 g/mol. The Morgan fingerprint density at radius 3 is 2.37 bits per heavy atom. The molecule has 0 spiro atoms.